The molecule has 0 aromatic heterocycles. The van der Waals surface area contributed by atoms with Crippen LogP contribution in [0.5, 0.6) is 0 Å². The van der Waals surface area contributed by atoms with Gasteiger partial charge in [0.1, 0.15) is 6.04 Å². The van der Waals surface area contributed by atoms with E-state index in [4.69, 9.17) is 16.3 Å². The summed E-state index contributed by atoms with van der Waals surface area (Å²) in [5.74, 6) is -3.82. The number of carbonyl (C=O) groups excluding carboxylic acids is 2. The molecular formula is C20H19ClN2O7. The summed E-state index contributed by atoms with van der Waals surface area (Å²) in [6.45, 7) is 1.70. The molecule has 158 valence electrons. The molecule has 2 atom stereocenters. The van der Waals surface area contributed by atoms with Crippen molar-refractivity contribution in [3.05, 3.63) is 74.8 Å². The minimum absolute atomic E-state index is 0.0731. The van der Waals surface area contributed by atoms with Crippen molar-refractivity contribution in [3.8, 4) is 0 Å². The highest BCUT2D eigenvalue weighted by atomic mass is 35.5. The second-order valence-electron chi connectivity index (χ2n) is 6.23. The molecule has 0 fully saturated rings. The van der Waals surface area contributed by atoms with E-state index < -0.39 is 34.7 Å². The van der Waals surface area contributed by atoms with Crippen LogP contribution in [0.4, 0.5) is 5.69 Å². The van der Waals surface area contributed by atoms with Crippen molar-refractivity contribution < 1.29 is 29.2 Å². The number of non-ortho nitro benzene ring substituents is 1. The molecule has 2 rings (SSSR count). The number of ether oxygens (including phenoxy) is 1. The quantitative estimate of drug-likeness (QED) is 0.351. The fourth-order valence-corrected chi connectivity index (χ4v) is 3.09. The molecule has 0 heterocycles. The number of hydrogen-bond donors (Lipinski definition) is 2. The molecule has 1 amide bonds. The van der Waals surface area contributed by atoms with Crippen LogP contribution in [0.25, 0.3) is 0 Å². The number of esters is 1. The van der Waals surface area contributed by atoms with Gasteiger partial charge < -0.3 is 15.2 Å². The van der Waals surface area contributed by atoms with Crippen LogP contribution >= 0.6 is 11.6 Å². The van der Waals surface area contributed by atoms with Crippen molar-refractivity contribution >= 4 is 35.1 Å². The molecule has 2 aromatic carbocycles. The molecule has 0 radical (unpaired) electrons. The summed E-state index contributed by atoms with van der Waals surface area (Å²) in [6, 6.07) is 9.68. The average molecular weight is 435 g/mol. The predicted octanol–water partition coefficient (Wildman–Crippen LogP) is 3.17. The van der Waals surface area contributed by atoms with E-state index in [1.807, 2.05) is 0 Å². The van der Waals surface area contributed by atoms with Gasteiger partial charge in [0.2, 0.25) is 0 Å². The summed E-state index contributed by atoms with van der Waals surface area (Å²) < 4.78 is 4.92. The molecular weight excluding hydrogens is 416 g/mol. The maximum absolute atomic E-state index is 12.6. The Morgan fingerprint density at radius 2 is 1.80 bits per heavy atom. The summed E-state index contributed by atoms with van der Waals surface area (Å²) >= 11 is 6.01. The number of carboxylic acids is 1. The number of halogens is 1. The van der Waals surface area contributed by atoms with E-state index in [9.17, 15) is 29.6 Å². The molecule has 0 aliphatic carbocycles. The molecule has 0 bridgehead atoms. The molecule has 10 heteroatoms. The summed E-state index contributed by atoms with van der Waals surface area (Å²) in [5, 5.41) is 23.2. The van der Waals surface area contributed by atoms with Gasteiger partial charge in [-0.25, -0.2) is 4.79 Å². The van der Waals surface area contributed by atoms with Gasteiger partial charge in [-0.3, -0.25) is 19.7 Å². The highest BCUT2D eigenvalue weighted by Gasteiger charge is 2.34. The summed E-state index contributed by atoms with van der Waals surface area (Å²) in [7, 11) is 0. The molecule has 0 aliphatic heterocycles. The molecule has 0 saturated heterocycles. The minimum Gasteiger partial charge on any atom is -0.480 e. The smallest absolute Gasteiger partial charge is 0.326 e. The number of amides is 1. The number of carbonyl (C=O) groups is 3. The van der Waals surface area contributed by atoms with Crippen molar-refractivity contribution in [1.82, 2.24) is 5.32 Å². The third kappa shape index (κ3) is 5.77. The Hall–Kier alpha value is -3.46. The second kappa shape index (κ2) is 10.4. The minimum atomic E-state index is -1.51. The lowest BCUT2D eigenvalue weighted by atomic mass is 9.88. The van der Waals surface area contributed by atoms with E-state index in [1.54, 1.807) is 19.1 Å². The van der Waals surface area contributed by atoms with E-state index in [0.29, 0.717) is 5.56 Å². The van der Waals surface area contributed by atoms with Crippen LogP contribution in [0.1, 0.15) is 35.2 Å². The van der Waals surface area contributed by atoms with E-state index in [1.165, 1.54) is 36.4 Å². The third-order valence-electron chi connectivity index (χ3n) is 4.30. The normalized spacial score (nSPS) is 12.5. The highest BCUT2D eigenvalue weighted by molar-refractivity contribution is 6.33. The lowest BCUT2D eigenvalue weighted by molar-refractivity contribution is -0.384. The predicted molar refractivity (Wildman–Crippen MR) is 107 cm³/mol. The first-order valence-electron chi connectivity index (χ1n) is 8.92. The van der Waals surface area contributed by atoms with Gasteiger partial charge in [-0.2, -0.15) is 0 Å². The van der Waals surface area contributed by atoms with Crippen LogP contribution < -0.4 is 5.32 Å². The van der Waals surface area contributed by atoms with Gasteiger partial charge in [-0.05, 0) is 24.6 Å². The van der Waals surface area contributed by atoms with Crippen molar-refractivity contribution in [2.45, 2.75) is 25.3 Å². The number of nitrogens with zero attached hydrogens (tertiary/aromatic N) is 1. The molecule has 0 spiro atoms. The van der Waals surface area contributed by atoms with E-state index in [0.717, 1.165) is 0 Å². The first-order valence-corrected chi connectivity index (χ1v) is 9.30. The number of carboxylic acid groups (broad SMARTS) is 1. The Morgan fingerprint density at radius 1 is 1.17 bits per heavy atom. The van der Waals surface area contributed by atoms with Crippen LogP contribution in [-0.4, -0.2) is 40.5 Å². The van der Waals surface area contributed by atoms with E-state index in [2.05, 4.69) is 5.32 Å². The lowest BCUT2D eigenvalue weighted by Crippen LogP contribution is -2.45. The first-order chi connectivity index (χ1) is 14.2. The van der Waals surface area contributed by atoms with Gasteiger partial charge in [-0.1, -0.05) is 35.9 Å². The molecule has 0 saturated carbocycles. The van der Waals surface area contributed by atoms with Crippen molar-refractivity contribution in [2.75, 3.05) is 6.61 Å². The maximum Gasteiger partial charge on any atom is 0.326 e. The maximum atomic E-state index is 12.6. The monoisotopic (exact) mass is 434 g/mol. The molecule has 9 nitrogen and oxygen atoms in total. The fraction of sp³-hybridized carbons (Fsp3) is 0.250. The van der Waals surface area contributed by atoms with Gasteiger partial charge in [0, 0.05) is 18.1 Å². The molecule has 0 unspecified atom stereocenters. The van der Waals surface area contributed by atoms with E-state index >= 15 is 0 Å². The highest BCUT2D eigenvalue weighted by Crippen LogP contribution is 2.27. The van der Waals surface area contributed by atoms with Crippen LogP contribution in [0, 0.1) is 10.1 Å². The van der Waals surface area contributed by atoms with Crippen molar-refractivity contribution in [3.63, 3.8) is 0 Å². The largest absolute Gasteiger partial charge is 0.480 e. The number of nitro benzene ring substituents is 1. The lowest BCUT2D eigenvalue weighted by Gasteiger charge is -2.25. The average Bonchev–Trinajstić information content (AvgIpc) is 2.70. The summed E-state index contributed by atoms with van der Waals surface area (Å²) in [5.41, 5.74) is 0.199. The van der Waals surface area contributed by atoms with Crippen LogP contribution in [0.2, 0.25) is 5.02 Å². The number of benzene rings is 2. The number of hydrogen-bond acceptors (Lipinski definition) is 6. The second-order valence-corrected chi connectivity index (χ2v) is 6.64. The number of nitrogens with one attached hydrogen (secondary N) is 1. The third-order valence-corrected chi connectivity index (χ3v) is 4.63. The number of rotatable bonds is 9. The zero-order valence-corrected chi connectivity index (χ0v) is 16.7. The molecule has 30 heavy (non-hydrogen) atoms. The number of aliphatic carboxylic acids is 1. The topological polar surface area (TPSA) is 136 Å². The Labute approximate surface area is 176 Å². The number of nitro groups is 1. The SMILES string of the molecule is CCOC(=O)C[C@@H](c1ccc([N+](=O)[O-])cc1)[C@@H](NC(=O)c1ccccc1Cl)C(=O)O. The van der Waals surface area contributed by atoms with Crippen molar-refractivity contribution in [1.29, 1.82) is 0 Å². The van der Waals surface area contributed by atoms with Gasteiger partial charge >= 0.3 is 11.9 Å². The zero-order chi connectivity index (χ0) is 22.3. The Bertz CT molecular complexity index is 946. The zero-order valence-electron chi connectivity index (χ0n) is 15.9. The fourth-order valence-electron chi connectivity index (χ4n) is 2.87. The Kier molecular flexibility index (Phi) is 7.88. The molecule has 0 aliphatic rings. The Balaban J connectivity index is 2.39. The van der Waals surface area contributed by atoms with Gasteiger partial charge in [0.25, 0.3) is 11.6 Å². The first kappa shape index (κ1) is 22.8. The van der Waals surface area contributed by atoms with Crippen LogP contribution in [0.15, 0.2) is 48.5 Å². The van der Waals surface area contributed by atoms with Crippen molar-refractivity contribution in [2.24, 2.45) is 0 Å². The molecule has 2 aromatic rings. The van der Waals surface area contributed by atoms with E-state index in [-0.39, 0.29) is 29.3 Å². The van der Waals surface area contributed by atoms with Crippen LogP contribution in [0.3, 0.4) is 0 Å². The standard InChI is InChI=1S/C20H19ClN2O7/c1-2-30-17(24)11-15(12-7-9-13(10-8-12)23(28)29)18(20(26)27)22-19(25)14-5-3-4-6-16(14)21/h3-10,15,18H,2,11H2,1H3,(H,22,25)(H,26,27)/t15-,18+/m0/s1. The van der Waals surface area contributed by atoms with Crippen LogP contribution in [-0.2, 0) is 14.3 Å². The van der Waals surface area contributed by atoms with Gasteiger partial charge in [-0.15, -0.1) is 0 Å². The summed E-state index contributed by atoms with van der Waals surface area (Å²) in [6.07, 6.45) is -0.356. The Morgan fingerprint density at radius 3 is 2.33 bits per heavy atom. The van der Waals surface area contributed by atoms with Gasteiger partial charge in [0.15, 0.2) is 0 Å². The van der Waals surface area contributed by atoms with Gasteiger partial charge in [0.05, 0.1) is 28.5 Å². The summed E-state index contributed by atoms with van der Waals surface area (Å²) in [4.78, 5) is 47.0. The molecule has 2 N–H and O–H groups in total.